The summed E-state index contributed by atoms with van der Waals surface area (Å²) in [6.45, 7) is 2.10. The Morgan fingerprint density at radius 1 is 1.18 bits per heavy atom. The van der Waals surface area contributed by atoms with Gasteiger partial charge in [0.1, 0.15) is 5.82 Å². The Kier molecular flexibility index (Phi) is 2.48. The Hall–Kier alpha value is -1.61. The number of fused-ring (bicyclic) bond motifs is 1. The molecule has 0 aliphatic heterocycles. The largest absolute Gasteiger partial charge is 0.300 e. The van der Waals surface area contributed by atoms with Gasteiger partial charge in [0.25, 0.3) is 0 Å². The first-order valence-electron chi connectivity index (χ1n) is 5.44. The minimum atomic E-state index is 0.977. The zero-order valence-electron chi connectivity index (χ0n) is 9.39. The van der Waals surface area contributed by atoms with Crippen LogP contribution in [0.5, 0.6) is 0 Å². The van der Waals surface area contributed by atoms with E-state index in [1.165, 1.54) is 5.56 Å². The van der Waals surface area contributed by atoms with Crippen LogP contribution in [-0.4, -0.2) is 9.38 Å². The summed E-state index contributed by atoms with van der Waals surface area (Å²) in [5, 5.41) is 0. The standard InChI is InChI=1S/C14H11BrN2/c1-10-4-3-7-17-13(10)9-16-14(17)11-5-2-6-12(15)8-11/h2-9H,1H3. The molecule has 17 heavy (non-hydrogen) atoms. The lowest BCUT2D eigenvalue weighted by Gasteiger charge is -2.03. The number of benzene rings is 1. The maximum atomic E-state index is 4.51. The third kappa shape index (κ3) is 1.76. The molecule has 0 aliphatic rings. The highest BCUT2D eigenvalue weighted by Gasteiger charge is 2.07. The Labute approximate surface area is 108 Å². The van der Waals surface area contributed by atoms with Crippen LogP contribution in [0.15, 0.2) is 53.3 Å². The lowest BCUT2D eigenvalue weighted by Crippen LogP contribution is -1.90. The van der Waals surface area contributed by atoms with E-state index >= 15 is 0 Å². The predicted octanol–water partition coefficient (Wildman–Crippen LogP) is 4.07. The Bertz CT molecular complexity index is 686. The summed E-state index contributed by atoms with van der Waals surface area (Å²) < 4.78 is 3.19. The third-order valence-corrected chi connectivity index (χ3v) is 3.36. The molecule has 0 spiro atoms. The van der Waals surface area contributed by atoms with Crippen LogP contribution >= 0.6 is 15.9 Å². The molecule has 0 saturated carbocycles. The SMILES string of the molecule is Cc1cccn2c(-c3cccc(Br)c3)ncc12. The van der Waals surface area contributed by atoms with Crippen LogP contribution in [0.1, 0.15) is 5.56 Å². The Morgan fingerprint density at radius 3 is 2.88 bits per heavy atom. The molecule has 84 valence electrons. The van der Waals surface area contributed by atoms with Gasteiger partial charge in [0.15, 0.2) is 0 Å². The van der Waals surface area contributed by atoms with Gasteiger partial charge in [-0.3, -0.25) is 4.40 Å². The first kappa shape index (κ1) is 10.5. The molecule has 0 bridgehead atoms. The lowest BCUT2D eigenvalue weighted by atomic mass is 10.2. The molecule has 0 amide bonds. The summed E-state index contributed by atoms with van der Waals surface area (Å²) in [4.78, 5) is 4.51. The van der Waals surface area contributed by atoms with Crippen LogP contribution in [0, 0.1) is 6.92 Å². The minimum Gasteiger partial charge on any atom is -0.300 e. The van der Waals surface area contributed by atoms with E-state index in [0.29, 0.717) is 0 Å². The molecule has 0 N–H and O–H groups in total. The highest BCUT2D eigenvalue weighted by Crippen LogP contribution is 2.23. The van der Waals surface area contributed by atoms with Gasteiger partial charge in [-0.15, -0.1) is 0 Å². The third-order valence-electron chi connectivity index (χ3n) is 2.87. The number of halogens is 1. The molecule has 0 saturated heterocycles. The topological polar surface area (TPSA) is 17.3 Å². The second kappa shape index (κ2) is 4.00. The number of pyridine rings is 1. The average Bonchev–Trinajstić information content (AvgIpc) is 2.74. The van der Waals surface area contributed by atoms with Crippen LogP contribution < -0.4 is 0 Å². The van der Waals surface area contributed by atoms with Crippen LogP contribution in [0.2, 0.25) is 0 Å². The highest BCUT2D eigenvalue weighted by molar-refractivity contribution is 9.10. The van der Waals surface area contributed by atoms with E-state index in [0.717, 1.165) is 21.4 Å². The summed E-state index contributed by atoms with van der Waals surface area (Å²) in [7, 11) is 0. The van der Waals surface area contributed by atoms with Crippen molar-refractivity contribution in [1.29, 1.82) is 0 Å². The molecule has 2 heterocycles. The van der Waals surface area contributed by atoms with Crippen LogP contribution in [0.25, 0.3) is 16.9 Å². The van der Waals surface area contributed by atoms with Gasteiger partial charge in [-0.1, -0.05) is 34.1 Å². The molecule has 0 aliphatic carbocycles. The average molecular weight is 287 g/mol. The van der Waals surface area contributed by atoms with E-state index in [1.807, 2.05) is 30.6 Å². The second-order valence-corrected chi connectivity index (χ2v) is 4.95. The van der Waals surface area contributed by atoms with Gasteiger partial charge in [0.05, 0.1) is 11.7 Å². The van der Waals surface area contributed by atoms with E-state index in [4.69, 9.17) is 0 Å². The predicted molar refractivity (Wildman–Crippen MR) is 73.1 cm³/mol. The summed E-state index contributed by atoms with van der Waals surface area (Å²) in [6.07, 6.45) is 3.97. The molecule has 2 aromatic heterocycles. The fourth-order valence-electron chi connectivity index (χ4n) is 2.00. The summed E-state index contributed by atoms with van der Waals surface area (Å²) >= 11 is 3.49. The molecule has 2 nitrogen and oxygen atoms in total. The van der Waals surface area contributed by atoms with Gasteiger partial charge >= 0.3 is 0 Å². The molecule has 0 unspecified atom stereocenters. The summed E-state index contributed by atoms with van der Waals surface area (Å²) in [6, 6.07) is 12.3. The van der Waals surface area contributed by atoms with Gasteiger partial charge in [-0.05, 0) is 30.7 Å². The molecule has 0 radical (unpaired) electrons. The minimum absolute atomic E-state index is 0.977. The van der Waals surface area contributed by atoms with Crippen molar-refractivity contribution in [2.45, 2.75) is 6.92 Å². The van der Waals surface area contributed by atoms with E-state index in [9.17, 15) is 0 Å². The van der Waals surface area contributed by atoms with Gasteiger partial charge in [-0.25, -0.2) is 4.98 Å². The van der Waals surface area contributed by atoms with Crippen molar-refractivity contribution in [2.24, 2.45) is 0 Å². The molecule has 3 aromatic rings. The molecule has 3 heteroatoms. The quantitative estimate of drug-likeness (QED) is 0.659. The highest BCUT2D eigenvalue weighted by atomic mass is 79.9. The fourth-order valence-corrected chi connectivity index (χ4v) is 2.40. The van der Waals surface area contributed by atoms with Crippen molar-refractivity contribution < 1.29 is 0 Å². The van der Waals surface area contributed by atoms with Crippen LogP contribution in [0.3, 0.4) is 0 Å². The number of nitrogens with zero attached hydrogens (tertiary/aromatic N) is 2. The smallest absolute Gasteiger partial charge is 0.144 e. The molecule has 0 atom stereocenters. The maximum absolute atomic E-state index is 4.51. The number of hydrogen-bond acceptors (Lipinski definition) is 1. The van der Waals surface area contributed by atoms with Gasteiger partial charge in [-0.2, -0.15) is 0 Å². The second-order valence-electron chi connectivity index (χ2n) is 4.04. The Morgan fingerprint density at radius 2 is 2.06 bits per heavy atom. The van der Waals surface area contributed by atoms with Gasteiger partial charge < -0.3 is 0 Å². The van der Waals surface area contributed by atoms with E-state index < -0.39 is 0 Å². The fraction of sp³-hybridized carbons (Fsp3) is 0.0714. The molecule has 0 fully saturated rings. The number of rotatable bonds is 1. The summed E-state index contributed by atoms with van der Waals surface area (Å²) in [5.41, 5.74) is 3.51. The van der Waals surface area contributed by atoms with Crippen molar-refractivity contribution in [3.63, 3.8) is 0 Å². The van der Waals surface area contributed by atoms with Gasteiger partial charge in [0.2, 0.25) is 0 Å². The van der Waals surface area contributed by atoms with Crippen molar-refractivity contribution in [3.05, 3.63) is 58.8 Å². The van der Waals surface area contributed by atoms with Crippen molar-refractivity contribution in [3.8, 4) is 11.4 Å². The number of hydrogen-bond donors (Lipinski definition) is 0. The van der Waals surface area contributed by atoms with Crippen molar-refractivity contribution in [1.82, 2.24) is 9.38 Å². The monoisotopic (exact) mass is 286 g/mol. The number of aryl methyl sites for hydroxylation is 1. The number of imidazole rings is 1. The molecule has 1 aromatic carbocycles. The van der Waals surface area contributed by atoms with E-state index in [-0.39, 0.29) is 0 Å². The van der Waals surface area contributed by atoms with Gasteiger partial charge in [0, 0.05) is 16.2 Å². The van der Waals surface area contributed by atoms with E-state index in [2.05, 4.69) is 50.4 Å². The van der Waals surface area contributed by atoms with E-state index in [1.54, 1.807) is 0 Å². The first-order valence-corrected chi connectivity index (χ1v) is 6.23. The van der Waals surface area contributed by atoms with Crippen LogP contribution in [-0.2, 0) is 0 Å². The Balaban J connectivity index is 2.28. The zero-order chi connectivity index (χ0) is 11.8. The first-order chi connectivity index (χ1) is 8.25. The normalized spacial score (nSPS) is 10.9. The van der Waals surface area contributed by atoms with Crippen molar-refractivity contribution >= 4 is 21.4 Å². The molecule has 3 rings (SSSR count). The maximum Gasteiger partial charge on any atom is 0.144 e. The molecular weight excluding hydrogens is 276 g/mol. The lowest BCUT2D eigenvalue weighted by molar-refractivity contribution is 1.15. The molecular formula is C14H11BrN2. The zero-order valence-corrected chi connectivity index (χ0v) is 11.0. The van der Waals surface area contributed by atoms with Crippen LogP contribution in [0.4, 0.5) is 0 Å². The summed E-state index contributed by atoms with van der Waals surface area (Å²) in [5.74, 6) is 0.977. The van der Waals surface area contributed by atoms with Crippen molar-refractivity contribution in [2.75, 3.05) is 0 Å². The number of aromatic nitrogens is 2.